The Bertz CT molecular complexity index is 697. The quantitative estimate of drug-likeness (QED) is 0.785. The van der Waals surface area contributed by atoms with Crippen LogP contribution in [0.15, 0.2) is 36.5 Å². The van der Waals surface area contributed by atoms with Gasteiger partial charge in [-0.25, -0.2) is 9.97 Å². The molecule has 0 bridgehead atoms. The highest BCUT2D eigenvalue weighted by atomic mass is 16.5. The van der Waals surface area contributed by atoms with Crippen molar-refractivity contribution in [3.05, 3.63) is 42.1 Å². The molecule has 6 heteroatoms. The lowest BCUT2D eigenvalue weighted by molar-refractivity contribution is 0.0948. The number of carbonyl (C=O) groups is 1. The van der Waals surface area contributed by atoms with E-state index in [4.69, 9.17) is 4.74 Å². The number of benzene rings is 1. The van der Waals surface area contributed by atoms with Crippen LogP contribution in [0.3, 0.4) is 0 Å². The lowest BCUT2D eigenvalue weighted by atomic mass is 10.1. The normalized spacial score (nSPS) is 13.9. The molecule has 1 fully saturated rings. The highest BCUT2D eigenvalue weighted by Gasteiger charge is 2.15. The maximum atomic E-state index is 12.1. The van der Waals surface area contributed by atoms with Gasteiger partial charge in [-0.1, -0.05) is 12.1 Å². The third-order valence-electron chi connectivity index (χ3n) is 4.29. The number of amides is 1. The minimum atomic E-state index is -0.0666. The molecule has 1 aliphatic heterocycles. The topological polar surface area (TPSA) is 67.3 Å². The Morgan fingerprint density at radius 1 is 1.20 bits per heavy atom. The van der Waals surface area contributed by atoms with Crippen LogP contribution in [0.1, 0.15) is 29.6 Å². The van der Waals surface area contributed by atoms with Crippen molar-refractivity contribution in [1.82, 2.24) is 15.3 Å². The number of anilines is 1. The molecule has 1 aliphatic rings. The number of carbonyl (C=O) groups excluding carboxylic acids is 1. The zero-order chi connectivity index (χ0) is 17.5. The van der Waals surface area contributed by atoms with E-state index in [9.17, 15) is 4.79 Å². The average Bonchev–Trinajstić information content (AvgIpc) is 3.20. The molecular weight excluding hydrogens is 316 g/mol. The van der Waals surface area contributed by atoms with Crippen LogP contribution in [0.4, 0.5) is 5.95 Å². The van der Waals surface area contributed by atoms with Crippen LogP contribution < -0.4 is 10.2 Å². The first kappa shape index (κ1) is 17.4. The number of hydrogen-bond acceptors (Lipinski definition) is 5. The lowest BCUT2D eigenvalue weighted by Crippen LogP contribution is -2.25. The molecule has 0 saturated carbocycles. The van der Waals surface area contributed by atoms with Crippen molar-refractivity contribution in [2.75, 3.05) is 38.3 Å². The standard InChI is InChI=1S/C19H24N4O2/c1-25-14-4-10-20-18(24)16-7-5-15(6-8-16)17-9-11-21-19(22-17)23-12-2-3-13-23/h5-9,11H,2-4,10,12-14H2,1H3,(H,20,24). The number of rotatable bonds is 7. The molecule has 25 heavy (non-hydrogen) atoms. The molecule has 1 amide bonds. The van der Waals surface area contributed by atoms with Crippen LogP contribution in [0, 0.1) is 0 Å². The second kappa shape index (κ2) is 8.58. The maximum Gasteiger partial charge on any atom is 0.251 e. The lowest BCUT2D eigenvalue weighted by Gasteiger charge is -2.15. The third kappa shape index (κ3) is 4.54. The second-order valence-corrected chi connectivity index (χ2v) is 6.12. The molecule has 2 heterocycles. The van der Waals surface area contributed by atoms with Crippen LogP contribution in [0.5, 0.6) is 0 Å². The van der Waals surface area contributed by atoms with Gasteiger partial charge in [0.05, 0.1) is 5.69 Å². The predicted octanol–water partition coefficient (Wildman–Crippen LogP) is 2.51. The molecule has 0 atom stereocenters. The van der Waals surface area contributed by atoms with Crippen LogP contribution in [-0.2, 0) is 4.74 Å². The number of ether oxygens (including phenoxy) is 1. The van der Waals surface area contributed by atoms with Gasteiger partial charge < -0.3 is 15.0 Å². The van der Waals surface area contributed by atoms with Gasteiger partial charge in [-0.15, -0.1) is 0 Å². The third-order valence-corrected chi connectivity index (χ3v) is 4.29. The van der Waals surface area contributed by atoms with Crippen LogP contribution in [0.25, 0.3) is 11.3 Å². The molecule has 1 N–H and O–H groups in total. The van der Waals surface area contributed by atoms with Gasteiger partial charge in [0.15, 0.2) is 0 Å². The van der Waals surface area contributed by atoms with E-state index in [1.54, 1.807) is 13.3 Å². The first-order valence-electron chi connectivity index (χ1n) is 8.73. The van der Waals surface area contributed by atoms with Crippen molar-refractivity contribution >= 4 is 11.9 Å². The minimum Gasteiger partial charge on any atom is -0.385 e. The van der Waals surface area contributed by atoms with Gasteiger partial charge in [0.2, 0.25) is 5.95 Å². The van der Waals surface area contributed by atoms with Crippen molar-refractivity contribution < 1.29 is 9.53 Å². The summed E-state index contributed by atoms with van der Waals surface area (Å²) in [6, 6.07) is 9.43. The van der Waals surface area contributed by atoms with E-state index in [0.29, 0.717) is 18.7 Å². The molecule has 0 unspecified atom stereocenters. The van der Waals surface area contributed by atoms with Gasteiger partial charge in [0.1, 0.15) is 0 Å². The zero-order valence-electron chi connectivity index (χ0n) is 14.6. The molecular formula is C19H24N4O2. The molecule has 1 aromatic carbocycles. The number of hydrogen-bond donors (Lipinski definition) is 1. The summed E-state index contributed by atoms with van der Waals surface area (Å²) in [7, 11) is 1.66. The Kier molecular flexibility index (Phi) is 5.95. The molecule has 2 aromatic rings. The SMILES string of the molecule is COCCCNC(=O)c1ccc(-c2ccnc(N3CCCC3)n2)cc1. The van der Waals surface area contributed by atoms with Gasteiger partial charge in [-0.2, -0.15) is 0 Å². The Labute approximate surface area is 148 Å². The molecule has 3 rings (SSSR count). The summed E-state index contributed by atoms with van der Waals surface area (Å²) in [5.74, 6) is 0.720. The first-order valence-corrected chi connectivity index (χ1v) is 8.73. The summed E-state index contributed by atoms with van der Waals surface area (Å²) in [6.07, 6.45) is 5.00. The van der Waals surface area contributed by atoms with Crippen LogP contribution >= 0.6 is 0 Å². The first-order chi connectivity index (χ1) is 12.3. The molecule has 0 radical (unpaired) electrons. The largest absolute Gasteiger partial charge is 0.385 e. The summed E-state index contributed by atoms with van der Waals surface area (Å²) >= 11 is 0. The van der Waals surface area contributed by atoms with E-state index in [2.05, 4.69) is 20.2 Å². The van der Waals surface area contributed by atoms with Crippen molar-refractivity contribution in [2.45, 2.75) is 19.3 Å². The van der Waals surface area contributed by atoms with Crippen molar-refractivity contribution in [1.29, 1.82) is 0 Å². The number of aromatic nitrogens is 2. The Morgan fingerprint density at radius 2 is 1.96 bits per heavy atom. The van der Waals surface area contributed by atoms with Gasteiger partial charge in [0.25, 0.3) is 5.91 Å². The second-order valence-electron chi connectivity index (χ2n) is 6.12. The molecule has 1 saturated heterocycles. The smallest absolute Gasteiger partial charge is 0.251 e. The summed E-state index contributed by atoms with van der Waals surface area (Å²) in [6.45, 7) is 3.29. The Balaban J connectivity index is 1.65. The van der Waals surface area contributed by atoms with Crippen LogP contribution in [0.2, 0.25) is 0 Å². The van der Waals surface area contributed by atoms with E-state index >= 15 is 0 Å². The molecule has 1 aromatic heterocycles. The Morgan fingerprint density at radius 3 is 2.68 bits per heavy atom. The number of nitrogens with zero attached hydrogens (tertiary/aromatic N) is 3. The minimum absolute atomic E-state index is 0.0666. The summed E-state index contributed by atoms with van der Waals surface area (Å²) in [5, 5.41) is 2.89. The maximum absolute atomic E-state index is 12.1. The van der Waals surface area contributed by atoms with E-state index in [1.165, 1.54) is 12.8 Å². The Hall–Kier alpha value is -2.47. The highest BCUT2D eigenvalue weighted by molar-refractivity contribution is 5.94. The van der Waals surface area contributed by atoms with Crippen LogP contribution in [-0.4, -0.2) is 49.2 Å². The van der Waals surface area contributed by atoms with Crippen molar-refractivity contribution in [3.63, 3.8) is 0 Å². The van der Waals surface area contributed by atoms with E-state index < -0.39 is 0 Å². The number of methoxy groups -OCH3 is 1. The fourth-order valence-corrected chi connectivity index (χ4v) is 2.89. The van der Waals surface area contributed by atoms with E-state index in [-0.39, 0.29) is 5.91 Å². The molecule has 6 nitrogen and oxygen atoms in total. The van der Waals surface area contributed by atoms with Gasteiger partial charge in [0, 0.05) is 50.7 Å². The van der Waals surface area contributed by atoms with E-state index in [1.807, 2.05) is 30.3 Å². The fourth-order valence-electron chi connectivity index (χ4n) is 2.89. The van der Waals surface area contributed by atoms with Crippen molar-refractivity contribution in [2.24, 2.45) is 0 Å². The molecule has 0 spiro atoms. The summed E-state index contributed by atoms with van der Waals surface area (Å²) < 4.78 is 4.97. The van der Waals surface area contributed by atoms with Gasteiger partial charge >= 0.3 is 0 Å². The highest BCUT2D eigenvalue weighted by Crippen LogP contribution is 2.21. The van der Waals surface area contributed by atoms with Crippen molar-refractivity contribution in [3.8, 4) is 11.3 Å². The summed E-state index contributed by atoms with van der Waals surface area (Å²) in [5.41, 5.74) is 2.51. The molecule has 132 valence electrons. The average molecular weight is 340 g/mol. The summed E-state index contributed by atoms with van der Waals surface area (Å²) in [4.78, 5) is 23.4. The predicted molar refractivity (Wildman–Crippen MR) is 97.7 cm³/mol. The number of nitrogens with one attached hydrogen (secondary N) is 1. The molecule has 0 aliphatic carbocycles. The monoisotopic (exact) mass is 340 g/mol. The zero-order valence-corrected chi connectivity index (χ0v) is 14.6. The van der Waals surface area contributed by atoms with Gasteiger partial charge in [-0.3, -0.25) is 4.79 Å². The van der Waals surface area contributed by atoms with Gasteiger partial charge in [-0.05, 0) is 37.5 Å². The fraction of sp³-hybridized carbons (Fsp3) is 0.421. The van der Waals surface area contributed by atoms with E-state index in [0.717, 1.165) is 36.7 Å².